The molecule has 4 rings (SSSR count). The summed E-state index contributed by atoms with van der Waals surface area (Å²) in [4.78, 5) is 51.8. The zero-order valence-electron chi connectivity index (χ0n) is 25.1. The minimum atomic E-state index is -1.32. The average Bonchev–Trinajstić information content (AvgIpc) is 3.00. The molecule has 4 amide bonds. The molecule has 13 heteroatoms. The average molecular weight is 698 g/mol. The van der Waals surface area contributed by atoms with E-state index in [2.05, 4.69) is 31.9 Å². The summed E-state index contributed by atoms with van der Waals surface area (Å²) in [5.74, 6) is -1.92. The Hall–Kier alpha value is -4.91. The first-order chi connectivity index (χ1) is 22.0. The molecule has 3 aromatic carbocycles. The van der Waals surface area contributed by atoms with E-state index in [0.717, 1.165) is 6.07 Å². The van der Waals surface area contributed by atoms with Crippen molar-refractivity contribution in [1.82, 2.24) is 5.32 Å². The largest absolute Gasteiger partial charge is 0.481 e. The number of benzene rings is 3. The molecule has 242 valence electrons. The van der Waals surface area contributed by atoms with E-state index in [9.17, 15) is 23.6 Å². The lowest BCUT2D eigenvalue weighted by atomic mass is 9.90. The first kappa shape index (κ1) is 34.0. The Labute approximate surface area is 273 Å². The zero-order chi connectivity index (χ0) is 33.2. The van der Waals surface area contributed by atoms with Gasteiger partial charge in [0.2, 0.25) is 11.8 Å². The van der Waals surface area contributed by atoms with Crippen LogP contribution >= 0.6 is 15.9 Å². The van der Waals surface area contributed by atoms with E-state index in [1.807, 2.05) is 13.8 Å². The van der Waals surface area contributed by atoms with Gasteiger partial charge >= 0.3 is 12.2 Å². The van der Waals surface area contributed by atoms with Crippen LogP contribution in [0.25, 0.3) is 0 Å². The molecular formula is C33H34BrFN4O7. The SMILES string of the molecule is CC(C)CC(NC(=O)C1=CC(Oc2cc(F)ccc2Br)C(OC(=O)Nc2ccccc2)C(OC(=O)Nc2ccccc2)C1)C(N)=O. The Bertz CT molecular complexity index is 1570. The predicted octanol–water partition coefficient (Wildman–Crippen LogP) is 5.92. The van der Waals surface area contributed by atoms with Crippen LogP contribution in [0, 0.1) is 11.7 Å². The highest BCUT2D eigenvalue weighted by atomic mass is 79.9. The van der Waals surface area contributed by atoms with Crippen LogP contribution in [-0.4, -0.2) is 48.4 Å². The van der Waals surface area contributed by atoms with Crippen molar-refractivity contribution >= 4 is 51.3 Å². The number of carbonyl (C=O) groups excluding carboxylic acids is 4. The molecule has 1 aliphatic carbocycles. The number of hydrogen-bond donors (Lipinski definition) is 4. The highest BCUT2D eigenvalue weighted by Gasteiger charge is 2.42. The van der Waals surface area contributed by atoms with Crippen molar-refractivity contribution in [2.24, 2.45) is 11.7 Å². The first-order valence-corrected chi connectivity index (χ1v) is 15.3. The van der Waals surface area contributed by atoms with Gasteiger partial charge in [-0.3, -0.25) is 20.2 Å². The van der Waals surface area contributed by atoms with E-state index >= 15 is 0 Å². The number of halogens is 2. The minimum absolute atomic E-state index is 0.0299. The summed E-state index contributed by atoms with van der Waals surface area (Å²) < 4.78 is 32.2. The van der Waals surface area contributed by atoms with Crippen LogP contribution in [0.5, 0.6) is 5.75 Å². The van der Waals surface area contributed by atoms with Crippen molar-refractivity contribution in [2.75, 3.05) is 10.6 Å². The normalized spacial score (nSPS) is 18.0. The molecule has 5 N–H and O–H groups in total. The number of ether oxygens (including phenoxy) is 3. The van der Waals surface area contributed by atoms with Gasteiger partial charge < -0.3 is 25.3 Å². The topological polar surface area (TPSA) is 158 Å². The molecule has 46 heavy (non-hydrogen) atoms. The van der Waals surface area contributed by atoms with E-state index in [4.69, 9.17) is 19.9 Å². The number of amides is 4. The molecule has 0 heterocycles. The van der Waals surface area contributed by atoms with Crippen molar-refractivity contribution in [3.63, 3.8) is 0 Å². The number of para-hydroxylation sites is 2. The monoisotopic (exact) mass is 696 g/mol. The summed E-state index contributed by atoms with van der Waals surface area (Å²) in [6.45, 7) is 3.75. The minimum Gasteiger partial charge on any atom is -0.481 e. The predicted molar refractivity (Wildman–Crippen MR) is 172 cm³/mol. The van der Waals surface area contributed by atoms with Crippen LogP contribution in [0.3, 0.4) is 0 Å². The fourth-order valence-corrected chi connectivity index (χ4v) is 5.05. The third-order valence-electron chi connectivity index (χ3n) is 6.82. The number of carbonyl (C=O) groups is 4. The fraction of sp³-hybridized carbons (Fsp3) is 0.273. The van der Waals surface area contributed by atoms with Crippen LogP contribution in [0.1, 0.15) is 26.7 Å². The summed E-state index contributed by atoms with van der Waals surface area (Å²) >= 11 is 3.32. The fourth-order valence-electron chi connectivity index (χ4n) is 4.71. The second-order valence-corrected chi connectivity index (χ2v) is 11.8. The van der Waals surface area contributed by atoms with Crippen molar-refractivity contribution < 1.29 is 37.8 Å². The van der Waals surface area contributed by atoms with Gasteiger partial charge in [0.05, 0.1) is 4.47 Å². The Morgan fingerprint density at radius 3 is 2.07 bits per heavy atom. The van der Waals surface area contributed by atoms with Gasteiger partial charge in [-0.15, -0.1) is 0 Å². The molecule has 0 radical (unpaired) electrons. The van der Waals surface area contributed by atoms with E-state index in [1.165, 1.54) is 18.2 Å². The second-order valence-electron chi connectivity index (χ2n) is 10.9. The molecule has 11 nitrogen and oxygen atoms in total. The molecule has 0 spiro atoms. The van der Waals surface area contributed by atoms with Gasteiger partial charge in [0, 0.05) is 29.4 Å². The smallest absolute Gasteiger partial charge is 0.412 e. The van der Waals surface area contributed by atoms with Gasteiger partial charge in [-0.1, -0.05) is 50.2 Å². The van der Waals surface area contributed by atoms with Gasteiger partial charge in [0.25, 0.3) is 0 Å². The second kappa shape index (κ2) is 15.9. The van der Waals surface area contributed by atoms with Gasteiger partial charge in [-0.05, 0) is 70.7 Å². The molecule has 0 saturated heterocycles. The number of rotatable bonds is 11. The quantitative estimate of drug-likeness (QED) is 0.194. The van der Waals surface area contributed by atoms with E-state index in [0.29, 0.717) is 15.8 Å². The molecule has 0 saturated carbocycles. The van der Waals surface area contributed by atoms with Crippen LogP contribution in [0.2, 0.25) is 0 Å². The van der Waals surface area contributed by atoms with Gasteiger partial charge in [-0.2, -0.15) is 0 Å². The number of anilines is 2. The number of nitrogens with one attached hydrogen (secondary N) is 3. The zero-order valence-corrected chi connectivity index (χ0v) is 26.7. The summed E-state index contributed by atoms with van der Waals surface area (Å²) in [5, 5.41) is 7.85. The molecule has 3 aromatic rings. The van der Waals surface area contributed by atoms with E-state index in [-0.39, 0.29) is 30.1 Å². The summed E-state index contributed by atoms with van der Waals surface area (Å²) in [6.07, 6.45) is -4.20. The Balaban J connectivity index is 1.69. The summed E-state index contributed by atoms with van der Waals surface area (Å²) in [6, 6.07) is 19.8. The molecule has 0 bridgehead atoms. The maximum atomic E-state index is 14.2. The standard InChI is InChI=1S/C33H34BrFN4O7/c1-19(2)15-25(30(36)40)39-31(41)20-16-27(44-26-18-21(35)13-14-24(26)34)29(46-33(43)38-23-11-7-4-8-12-23)28(17-20)45-32(42)37-22-9-5-3-6-10-22/h3-14,16,18-19,25,27-29H,15,17H2,1-2H3,(H2,36,40)(H,37,42)(H,38,43)(H,39,41). The maximum Gasteiger partial charge on any atom is 0.412 e. The number of primary amides is 1. The van der Waals surface area contributed by atoms with Crippen molar-refractivity contribution in [1.29, 1.82) is 0 Å². The third kappa shape index (κ3) is 9.80. The van der Waals surface area contributed by atoms with E-state index < -0.39 is 54.2 Å². The lowest BCUT2D eigenvalue weighted by Crippen LogP contribution is -2.51. The number of nitrogens with two attached hydrogens (primary N) is 1. The highest BCUT2D eigenvalue weighted by Crippen LogP contribution is 2.33. The summed E-state index contributed by atoms with van der Waals surface area (Å²) in [5.41, 5.74) is 6.48. The van der Waals surface area contributed by atoms with Gasteiger partial charge in [0.15, 0.2) is 12.2 Å². The maximum absolute atomic E-state index is 14.2. The Kier molecular flexibility index (Phi) is 11.7. The highest BCUT2D eigenvalue weighted by molar-refractivity contribution is 9.10. The van der Waals surface area contributed by atoms with Crippen LogP contribution in [-0.2, 0) is 19.1 Å². The molecule has 1 aliphatic rings. The van der Waals surface area contributed by atoms with Crippen LogP contribution in [0.4, 0.5) is 25.4 Å². The van der Waals surface area contributed by atoms with Crippen molar-refractivity contribution in [3.05, 3.63) is 101 Å². The lowest BCUT2D eigenvalue weighted by Gasteiger charge is -2.36. The molecule has 0 aromatic heterocycles. The van der Waals surface area contributed by atoms with Crippen LogP contribution < -0.4 is 26.4 Å². The van der Waals surface area contributed by atoms with Gasteiger partial charge in [0.1, 0.15) is 23.7 Å². The molecule has 0 aliphatic heterocycles. The number of hydrogen-bond acceptors (Lipinski definition) is 7. The third-order valence-corrected chi connectivity index (χ3v) is 7.48. The van der Waals surface area contributed by atoms with Crippen molar-refractivity contribution in [2.45, 2.75) is 51.0 Å². The van der Waals surface area contributed by atoms with Gasteiger partial charge in [-0.25, -0.2) is 14.0 Å². The first-order valence-electron chi connectivity index (χ1n) is 14.5. The summed E-state index contributed by atoms with van der Waals surface area (Å²) in [7, 11) is 0. The van der Waals surface area contributed by atoms with Crippen LogP contribution in [0.15, 0.2) is 95.0 Å². The van der Waals surface area contributed by atoms with Crippen molar-refractivity contribution in [3.8, 4) is 5.75 Å². The Morgan fingerprint density at radius 1 is 0.913 bits per heavy atom. The molecule has 0 fully saturated rings. The molecule has 4 unspecified atom stereocenters. The lowest BCUT2D eigenvalue weighted by molar-refractivity contribution is -0.126. The Morgan fingerprint density at radius 2 is 1.50 bits per heavy atom. The van der Waals surface area contributed by atoms with E-state index in [1.54, 1.807) is 60.7 Å². The molecule has 4 atom stereocenters. The molecular weight excluding hydrogens is 663 g/mol.